The lowest BCUT2D eigenvalue weighted by atomic mass is 9.92. The van der Waals surface area contributed by atoms with E-state index < -0.39 is 0 Å². The molecule has 2 aromatic carbocycles. The average molecular weight is 323 g/mol. The lowest BCUT2D eigenvalue weighted by molar-refractivity contribution is 0.0748. The van der Waals surface area contributed by atoms with Crippen molar-refractivity contribution >= 4 is 5.91 Å². The van der Waals surface area contributed by atoms with E-state index in [0.717, 1.165) is 24.0 Å². The van der Waals surface area contributed by atoms with Gasteiger partial charge in [0.1, 0.15) is 5.75 Å². The number of amides is 1. The zero-order valence-corrected chi connectivity index (χ0v) is 14.7. The summed E-state index contributed by atoms with van der Waals surface area (Å²) in [6.45, 7) is 7.61. The van der Waals surface area contributed by atoms with Gasteiger partial charge in [-0.3, -0.25) is 4.79 Å². The van der Waals surface area contributed by atoms with E-state index >= 15 is 0 Å². The molecule has 1 aliphatic heterocycles. The summed E-state index contributed by atoms with van der Waals surface area (Å²) in [6, 6.07) is 11.8. The Morgan fingerprint density at radius 1 is 1.17 bits per heavy atom. The van der Waals surface area contributed by atoms with Crippen molar-refractivity contribution in [2.75, 3.05) is 0 Å². The molecule has 0 atom stereocenters. The molecule has 1 aliphatic rings. The number of carbonyl (C=O) groups excluding carboxylic acids is 1. The Kier molecular flexibility index (Phi) is 4.61. The fourth-order valence-electron chi connectivity index (χ4n) is 3.49. The molecule has 2 aromatic rings. The number of rotatable bonds is 4. The van der Waals surface area contributed by atoms with Gasteiger partial charge >= 0.3 is 0 Å². The summed E-state index contributed by atoms with van der Waals surface area (Å²) in [5.41, 5.74) is 5.11. The van der Waals surface area contributed by atoms with Gasteiger partial charge in [-0.1, -0.05) is 51.5 Å². The number of benzene rings is 2. The van der Waals surface area contributed by atoms with Crippen molar-refractivity contribution in [3.63, 3.8) is 0 Å². The Labute approximate surface area is 143 Å². The highest BCUT2D eigenvalue weighted by atomic mass is 16.3. The predicted molar refractivity (Wildman–Crippen MR) is 96.2 cm³/mol. The third kappa shape index (κ3) is 3.03. The number of hydrogen-bond acceptors (Lipinski definition) is 2. The van der Waals surface area contributed by atoms with Crippen LogP contribution < -0.4 is 0 Å². The first-order valence-electron chi connectivity index (χ1n) is 8.73. The summed E-state index contributed by atoms with van der Waals surface area (Å²) in [7, 11) is 0. The van der Waals surface area contributed by atoms with E-state index in [1.54, 1.807) is 6.07 Å². The topological polar surface area (TPSA) is 40.5 Å². The molecule has 126 valence electrons. The van der Waals surface area contributed by atoms with E-state index in [4.69, 9.17) is 0 Å². The number of phenolic OH excluding ortho intramolecular Hbond substituents is 1. The third-order valence-electron chi connectivity index (χ3n) is 4.76. The molecule has 3 rings (SSSR count). The van der Waals surface area contributed by atoms with Crippen LogP contribution in [0.1, 0.15) is 65.7 Å². The quantitative estimate of drug-likeness (QED) is 0.891. The smallest absolute Gasteiger partial charge is 0.258 e. The molecule has 0 spiro atoms. The van der Waals surface area contributed by atoms with Crippen LogP contribution in [0.15, 0.2) is 36.4 Å². The van der Waals surface area contributed by atoms with Crippen LogP contribution in [-0.2, 0) is 19.5 Å². The Hall–Kier alpha value is -2.29. The molecule has 0 radical (unpaired) electrons. The number of hydrogen-bond donors (Lipinski definition) is 1. The summed E-state index contributed by atoms with van der Waals surface area (Å²) in [5.74, 6) is 0.340. The molecule has 0 aromatic heterocycles. The minimum atomic E-state index is -0.0892. The molecule has 0 saturated carbocycles. The second-order valence-electron chi connectivity index (χ2n) is 6.90. The summed E-state index contributed by atoms with van der Waals surface area (Å²) < 4.78 is 0. The normalized spacial score (nSPS) is 13.4. The first-order valence-corrected chi connectivity index (χ1v) is 8.73. The van der Waals surface area contributed by atoms with Gasteiger partial charge in [0.15, 0.2) is 0 Å². The molecule has 0 aliphatic carbocycles. The van der Waals surface area contributed by atoms with Gasteiger partial charge in [0.2, 0.25) is 0 Å². The maximum atomic E-state index is 12.9. The fourth-order valence-corrected chi connectivity index (χ4v) is 3.49. The van der Waals surface area contributed by atoms with E-state index in [1.165, 1.54) is 11.1 Å². The van der Waals surface area contributed by atoms with Gasteiger partial charge in [0, 0.05) is 13.1 Å². The van der Waals surface area contributed by atoms with Crippen LogP contribution in [0.25, 0.3) is 0 Å². The highest BCUT2D eigenvalue weighted by Gasteiger charge is 2.26. The molecule has 0 fully saturated rings. The zero-order chi connectivity index (χ0) is 17.3. The lowest BCUT2D eigenvalue weighted by Gasteiger charge is -2.20. The highest BCUT2D eigenvalue weighted by molar-refractivity contribution is 5.97. The van der Waals surface area contributed by atoms with Gasteiger partial charge in [-0.05, 0) is 46.7 Å². The van der Waals surface area contributed by atoms with Crippen molar-refractivity contribution in [2.45, 2.75) is 52.6 Å². The summed E-state index contributed by atoms with van der Waals surface area (Å²) >= 11 is 0. The maximum absolute atomic E-state index is 12.9. The van der Waals surface area contributed by atoms with E-state index in [2.05, 4.69) is 32.9 Å². The van der Waals surface area contributed by atoms with Gasteiger partial charge in [-0.15, -0.1) is 0 Å². The van der Waals surface area contributed by atoms with Gasteiger partial charge in [0.05, 0.1) is 5.56 Å². The van der Waals surface area contributed by atoms with Crippen molar-refractivity contribution in [2.24, 2.45) is 0 Å². The SMILES string of the molecule is CCCc1cc(O)c(C(=O)N2Cc3ccccc3C2)cc1C(C)C. The standard InChI is InChI=1S/C21H25NO2/c1-4-7-15-10-20(23)19(11-18(15)14(2)3)21(24)22-12-16-8-5-6-9-17(16)13-22/h5-6,8-11,14,23H,4,7,12-13H2,1-3H3. The summed E-state index contributed by atoms with van der Waals surface area (Å²) in [6.07, 6.45) is 1.94. The Balaban J connectivity index is 1.92. The van der Waals surface area contributed by atoms with Crippen LogP contribution in [-0.4, -0.2) is 15.9 Å². The van der Waals surface area contributed by atoms with Crippen LogP contribution in [0.2, 0.25) is 0 Å². The van der Waals surface area contributed by atoms with Crippen LogP contribution in [0, 0.1) is 0 Å². The summed E-state index contributed by atoms with van der Waals surface area (Å²) in [5, 5.41) is 10.4. The molecule has 24 heavy (non-hydrogen) atoms. The number of phenols is 1. The Morgan fingerprint density at radius 3 is 2.33 bits per heavy atom. The molecule has 0 saturated heterocycles. The molecule has 1 N–H and O–H groups in total. The zero-order valence-electron chi connectivity index (χ0n) is 14.7. The molecular formula is C21H25NO2. The van der Waals surface area contributed by atoms with Gasteiger partial charge < -0.3 is 10.0 Å². The van der Waals surface area contributed by atoms with Gasteiger partial charge in [0.25, 0.3) is 5.91 Å². The number of carbonyl (C=O) groups is 1. The van der Waals surface area contributed by atoms with Crippen LogP contribution in [0.3, 0.4) is 0 Å². The summed E-state index contributed by atoms with van der Waals surface area (Å²) in [4.78, 5) is 14.8. The van der Waals surface area contributed by atoms with Crippen LogP contribution in [0.4, 0.5) is 0 Å². The molecule has 0 unspecified atom stereocenters. The molecule has 3 nitrogen and oxygen atoms in total. The lowest BCUT2D eigenvalue weighted by Crippen LogP contribution is -2.25. The van der Waals surface area contributed by atoms with Crippen molar-refractivity contribution in [1.82, 2.24) is 4.90 Å². The number of aryl methyl sites for hydroxylation is 1. The Morgan fingerprint density at radius 2 is 1.79 bits per heavy atom. The number of fused-ring (bicyclic) bond motifs is 1. The third-order valence-corrected chi connectivity index (χ3v) is 4.76. The molecular weight excluding hydrogens is 298 g/mol. The minimum absolute atomic E-state index is 0.0892. The number of aromatic hydroxyl groups is 1. The predicted octanol–water partition coefficient (Wildman–Crippen LogP) is 4.62. The van der Waals surface area contributed by atoms with E-state index in [-0.39, 0.29) is 11.7 Å². The van der Waals surface area contributed by atoms with Crippen molar-refractivity contribution in [3.05, 3.63) is 64.2 Å². The van der Waals surface area contributed by atoms with Crippen LogP contribution >= 0.6 is 0 Å². The highest BCUT2D eigenvalue weighted by Crippen LogP contribution is 2.31. The van der Waals surface area contributed by atoms with E-state index in [0.29, 0.717) is 24.6 Å². The second-order valence-corrected chi connectivity index (χ2v) is 6.90. The monoisotopic (exact) mass is 323 g/mol. The first kappa shape index (κ1) is 16.6. The molecule has 1 heterocycles. The van der Waals surface area contributed by atoms with Crippen LogP contribution in [0.5, 0.6) is 5.75 Å². The van der Waals surface area contributed by atoms with E-state index in [9.17, 15) is 9.90 Å². The molecule has 3 heteroatoms. The second kappa shape index (κ2) is 6.68. The average Bonchev–Trinajstić information content (AvgIpc) is 2.98. The minimum Gasteiger partial charge on any atom is -0.507 e. The van der Waals surface area contributed by atoms with Crippen molar-refractivity contribution in [1.29, 1.82) is 0 Å². The van der Waals surface area contributed by atoms with Crippen molar-refractivity contribution < 1.29 is 9.90 Å². The van der Waals surface area contributed by atoms with Gasteiger partial charge in [-0.25, -0.2) is 0 Å². The number of nitrogens with zero attached hydrogens (tertiary/aromatic N) is 1. The first-order chi connectivity index (χ1) is 11.5. The molecule has 1 amide bonds. The van der Waals surface area contributed by atoms with Gasteiger partial charge in [-0.2, -0.15) is 0 Å². The maximum Gasteiger partial charge on any atom is 0.258 e. The molecule has 0 bridgehead atoms. The van der Waals surface area contributed by atoms with Crippen molar-refractivity contribution in [3.8, 4) is 5.75 Å². The van der Waals surface area contributed by atoms with E-state index in [1.807, 2.05) is 23.1 Å². The fraction of sp³-hybridized carbons (Fsp3) is 0.381. The largest absolute Gasteiger partial charge is 0.507 e. The Bertz CT molecular complexity index is 739.